The number of ether oxygens (including phenoxy) is 1. The summed E-state index contributed by atoms with van der Waals surface area (Å²) in [6.45, 7) is 0.361. The van der Waals surface area contributed by atoms with Crippen molar-refractivity contribution in [3.63, 3.8) is 0 Å². The van der Waals surface area contributed by atoms with Gasteiger partial charge in [-0.05, 0) is 37.1 Å². The van der Waals surface area contributed by atoms with Gasteiger partial charge in [0.1, 0.15) is 11.9 Å². The van der Waals surface area contributed by atoms with E-state index < -0.39 is 41.3 Å². The summed E-state index contributed by atoms with van der Waals surface area (Å²) in [5, 5.41) is 0. The number of rotatable bonds is 4. The van der Waals surface area contributed by atoms with Crippen LogP contribution in [-0.2, 0) is 6.18 Å². The molecule has 1 saturated heterocycles. The van der Waals surface area contributed by atoms with E-state index in [1.54, 1.807) is 6.07 Å². The van der Waals surface area contributed by atoms with Gasteiger partial charge in [0.05, 0.1) is 23.2 Å². The van der Waals surface area contributed by atoms with Crippen LogP contribution < -0.4 is 4.74 Å². The zero-order valence-corrected chi connectivity index (χ0v) is 17.0. The number of carbonyl (C=O) groups excluding carboxylic acids is 1. The Labute approximate surface area is 185 Å². The molecule has 6 nitrogen and oxygen atoms in total. The average Bonchev–Trinajstić information content (AvgIpc) is 2.80. The molecule has 1 aliphatic heterocycles. The molecule has 3 heterocycles. The van der Waals surface area contributed by atoms with Crippen LogP contribution >= 0.6 is 0 Å². The third-order valence-electron chi connectivity index (χ3n) is 5.11. The molecule has 1 aromatic carbocycles. The van der Waals surface area contributed by atoms with Crippen LogP contribution in [0.2, 0.25) is 0 Å². The number of nitrogens with zero attached hydrogens (tertiary/aromatic N) is 4. The smallest absolute Gasteiger partial charge is 0.417 e. The highest BCUT2D eigenvalue weighted by Crippen LogP contribution is 2.31. The van der Waals surface area contributed by atoms with Gasteiger partial charge in [0, 0.05) is 25.1 Å². The number of alkyl halides is 3. The summed E-state index contributed by atoms with van der Waals surface area (Å²) in [5.41, 5.74) is -1.21. The molecule has 0 spiro atoms. The summed E-state index contributed by atoms with van der Waals surface area (Å²) in [7, 11) is 0. The minimum Gasteiger partial charge on any atom is -0.470 e. The van der Waals surface area contributed by atoms with Gasteiger partial charge in [0.15, 0.2) is 11.6 Å². The number of likely N-dealkylation sites (tertiary alicyclic amines) is 1. The molecular formula is C22H17F5N4O2. The van der Waals surface area contributed by atoms with Crippen LogP contribution in [-0.4, -0.2) is 45.0 Å². The highest BCUT2D eigenvalue weighted by Gasteiger charge is 2.33. The molecule has 0 unspecified atom stereocenters. The number of piperidine rings is 1. The fourth-order valence-electron chi connectivity index (χ4n) is 3.57. The van der Waals surface area contributed by atoms with Gasteiger partial charge in [-0.15, -0.1) is 0 Å². The number of pyridine rings is 1. The fraction of sp³-hybridized carbons (Fsp3) is 0.273. The number of amides is 1. The summed E-state index contributed by atoms with van der Waals surface area (Å²) >= 11 is 0. The van der Waals surface area contributed by atoms with Crippen LogP contribution in [0.1, 0.15) is 28.8 Å². The Bertz CT molecular complexity index is 1160. The number of hydrogen-bond acceptors (Lipinski definition) is 5. The van der Waals surface area contributed by atoms with E-state index in [2.05, 4.69) is 15.0 Å². The van der Waals surface area contributed by atoms with Crippen LogP contribution in [0.5, 0.6) is 5.88 Å². The molecule has 0 saturated carbocycles. The Hall–Kier alpha value is -3.63. The van der Waals surface area contributed by atoms with Gasteiger partial charge in [-0.2, -0.15) is 13.2 Å². The molecular weight excluding hydrogens is 447 g/mol. The molecule has 11 heteroatoms. The van der Waals surface area contributed by atoms with Crippen molar-refractivity contribution in [3.05, 3.63) is 71.7 Å². The average molecular weight is 464 g/mol. The predicted octanol–water partition coefficient (Wildman–Crippen LogP) is 4.52. The van der Waals surface area contributed by atoms with Gasteiger partial charge in [-0.1, -0.05) is 6.07 Å². The van der Waals surface area contributed by atoms with Gasteiger partial charge in [0.2, 0.25) is 0 Å². The zero-order chi connectivity index (χ0) is 23.6. The summed E-state index contributed by atoms with van der Waals surface area (Å²) in [5.74, 6) is -2.92. The number of benzene rings is 1. The van der Waals surface area contributed by atoms with Crippen molar-refractivity contribution in [2.24, 2.45) is 0 Å². The van der Waals surface area contributed by atoms with E-state index in [0.717, 1.165) is 0 Å². The molecule has 4 rings (SSSR count). The van der Waals surface area contributed by atoms with Crippen LogP contribution in [0, 0.1) is 11.6 Å². The lowest BCUT2D eigenvalue weighted by Crippen LogP contribution is -2.44. The van der Waals surface area contributed by atoms with E-state index in [1.807, 2.05) is 0 Å². The Kier molecular flexibility index (Phi) is 6.21. The summed E-state index contributed by atoms with van der Waals surface area (Å²) < 4.78 is 72.3. The molecule has 1 amide bonds. The second-order valence-electron chi connectivity index (χ2n) is 7.38. The van der Waals surface area contributed by atoms with Gasteiger partial charge in [0.25, 0.3) is 11.8 Å². The molecule has 1 aliphatic rings. The molecule has 0 N–H and O–H groups in total. The lowest BCUT2D eigenvalue weighted by molar-refractivity contribution is -0.138. The first-order valence-electron chi connectivity index (χ1n) is 9.98. The molecule has 0 bridgehead atoms. The molecule has 33 heavy (non-hydrogen) atoms. The van der Waals surface area contributed by atoms with Crippen molar-refractivity contribution in [2.75, 3.05) is 13.1 Å². The van der Waals surface area contributed by atoms with Crippen molar-refractivity contribution >= 4 is 5.91 Å². The minimum atomic E-state index is -4.73. The molecule has 2 aromatic heterocycles. The maximum atomic E-state index is 14.6. The van der Waals surface area contributed by atoms with Crippen LogP contribution in [0.25, 0.3) is 11.4 Å². The second-order valence-corrected chi connectivity index (χ2v) is 7.38. The molecule has 0 aliphatic carbocycles. The van der Waals surface area contributed by atoms with Crippen LogP contribution in [0.3, 0.4) is 0 Å². The lowest BCUT2D eigenvalue weighted by atomic mass is 10.0. The number of halogens is 5. The maximum absolute atomic E-state index is 14.6. The minimum absolute atomic E-state index is 0.0204. The fourth-order valence-corrected chi connectivity index (χ4v) is 3.57. The van der Waals surface area contributed by atoms with Crippen molar-refractivity contribution in [1.29, 1.82) is 0 Å². The predicted molar refractivity (Wildman–Crippen MR) is 106 cm³/mol. The highest BCUT2D eigenvalue weighted by molar-refractivity contribution is 6.00. The van der Waals surface area contributed by atoms with E-state index in [-0.39, 0.29) is 23.5 Å². The molecule has 1 fully saturated rings. The maximum Gasteiger partial charge on any atom is 0.417 e. The third kappa shape index (κ3) is 4.91. The topological polar surface area (TPSA) is 68.2 Å². The molecule has 3 aromatic rings. The van der Waals surface area contributed by atoms with E-state index in [4.69, 9.17) is 4.74 Å². The Morgan fingerprint density at radius 1 is 1.06 bits per heavy atom. The molecule has 0 radical (unpaired) electrons. The van der Waals surface area contributed by atoms with Crippen LogP contribution in [0.4, 0.5) is 22.0 Å². The van der Waals surface area contributed by atoms with Crippen molar-refractivity contribution < 1.29 is 31.5 Å². The van der Waals surface area contributed by atoms with Gasteiger partial charge >= 0.3 is 6.18 Å². The lowest BCUT2D eigenvalue weighted by Gasteiger charge is -2.33. The van der Waals surface area contributed by atoms with Gasteiger partial charge < -0.3 is 9.64 Å². The van der Waals surface area contributed by atoms with E-state index in [0.29, 0.717) is 31.6 Å². The Morgan fingerprint density at radius 2 is 1.82 bits per heavy atom. The standard InChI is InChI=1S/C22H17F5N4O2/c23-16-6-1-5-15(18(16)19-28-7-3-8-29-19)21(32)31-9-2-4-14(12-31)33-20-17(24)10-13(11-30-20)22(25,26)27/h1,3,5-8,10-11,14H,2,4,9,12H2/t14-/m1/s1. The van der Waals surface area contributed by atoms with Crippen molar-refractivity contribution in [3.8, 4) is 17.3 Å². The zero-order valence-electron chi connectivity index (χ0n) is 17.0. The number of hydrogen-bond donors (Lipinski definition) is 0. The Morgan fingerprint density at radius 3 is 2.52 bits per heavy atom. The first kappa shape index (κ1) is 22.6. The van der Waals surface area contributed by atoms with Gasteiger partial charge in [-0.3, -0.25) is 4.79 Å². The molecule has 172 valence electrons. The number of carbonyl (C=O) groups is 1. The normalized spacial score (nSPS) is 16.5. The first-order chi connectivity index (χ1) is 15.7. The largest absolute Gasteiger partial charge is 0.470 e. The van der Waals surface area contributed by atoms with E-state index in [1.165, 1.54) is 35.5 Å². The summed E-state index contributed by atoms with van der Waals surface area (Å²) in [4.78, 5) is 26.1. The first-order valence-corrected chi connectivity index (χ1v) is 9.98. The highest BCUT2D eigenvalue weighted by atomic mass is 19.4. The second kappa shape index (κ2) is 9.08. The monoisotopic (exact) mass is 464 g/mol. The van der Waals surface area contributed by atoms with Crippen molar-refractivity contribution in [1.82, 2.24) is 19.9 Å². The van der Waals surface area contributed by atoms with Crippen molar-refractivity contribution in [2.45, 2.75) is 25.1 Å². The summed E-state index contributed by atoms with van der Waals surface area (Å²) in [6.07, 6.45) is -1.16. The molecule has 1 atom stereocenters. The Balaban J connectivity index is 1.53. The quantitative estimate of drug-likeness (QED) is 0.532. The van der Waals surface area contributed by atoms with Gasteiger partial charge in [-0.25, -0.2) is 23.7 Å². The van der Waals surface area contributed by atoms with Crippen LogP contribution in [0.15, 0.2) is 48.9 Å². The van der Waals surface area contributed by atoms with E-state index >= 15 is 0 Å². The number of aromatic nitrogens is 3. The van der Waals surface area contributed by atoms with E-state index in [9.17, 15) is 26.7 Å². The third-order valence-corrected chi connectivity index (χ3v) is 5.11. The summed E-state index contributed by atoms with van der Waals surface area (Å²) in [6, 6.07) is 5.93. The SMILES string of the molecule is O=C(c1cccc(F)c1-c1ncccn1)N1CCC[C@@H](Oc2ncc(C(F)(F)F)cc2F)C1.